The Balaban J connectivity index is 1.51. The molecule has 0 aromatic heterocycles. The molecule has 3 amide bonds. The van der Waals surface area contributed by atoms with Crippen LogP contribution in [0.25, 0.3) is 6.08 Å². The molecular weight excluding hydrogens is 446 g/mol. The molecule has 2 aromatic rings. The van der Waals surface area contributed by atoms with Gasteiger partial charge in [0.1, 0.15) is 6.54 Å². The molecule has 0 unspecified atom stereocenters. The Hall–Kier alpha value is -3.52. The van der Waals surface area contributed by atoms with Crippen LogP contribution in [0.2, 0.25) is 5.02 Å². The average molecular weight is 470 g/mol. The van der Waals surface area contributed by atoms with Crippen molar-refractivity contribution < 1.29 is 23.9 Å². The van der Waals surface area contributed by atoms with E-state index in [1.54, 1.807) is 65.3 Å². The Morgan fingerprint density at radius 3 is 2.52 bits per heavy atom. The molecule has 1 fully saturated rings. The summed E-state index contributed by atoms with van der Waals surface area (Å²) in [6, 6.07) is 14.2. The SMILES string of the molecule is CCOC(=O)N1CCN(C(=O)CN2C(=O)C(=Cc3cccc(Cl)c3)Oc3ccccc32)CC1. The van der Waals surface area contributed by atoms with E-state index < -0.39 is 5.91 Å². The fourth-order valence-corrected chi connectivity index (χ4v) is 3.95. The summed E-state index contributed by atoms with van der Waals surface area (Å²) in [5, 5.41) is 0.544. The van der Waals surface area contributed by atoms with Crippen molar-refractivity contribution in [1.82, 2.24) is 9.80 Å². The van der Waals surface area contributed by atoms with E-state index in [1.165, 1.54) is 4.90 Å². The van der Waals surface area contributed by atoms with Gasteiger partial charge in [-0.25, -0.2) is 4.79 Å². The first-order valence-corrected chi connectivity index (χ1v) is 11.1. The topological polar surface area (TPSA) is 79.4 Å². The quantitative estimate of drug-likeness (QED) is 0.641. The summed E-state index contributed by atoms with van der Waals surface area (Å²) in [7, 11) is 0. The van der Waals surface area contributed by atoms with Crippen molar-refractivity contribution in [3.8, 4) is 5.75 Å². The fourth-order valence-electron chi connectivity index (χ4n) is 3.76. The second-order valence-corrected chi connectivity index (χ2v) is 8.03. The fraction of sp³-hybridized carbons (Fsp3) is 0.292. The van der Waals surface area contributed by atoms with Crippen LogP contribution >= 0.6 is 11.6 Å². The lowest BCUT2D eigenvalue weighted by atomic mass is 10.1. The first-order valence-electron chi connectivity index (χ1n) is 10.7. The summed E-state index contributed by atoms with van der Waals surface area (Å²) < 4.78 is 10.9. The number of fused-ring (bicyclic) bond motifs is 1. The molecule has 0 spiro atoms. The molecule has 0 saturated carbocycles. The van der Waals surface area contributed by atoms with Crippen molar-refractivity contribution >= 4 is 41.3 Å². The Morgan fingerprint density at radius 1 is 1.06 bits per heavy atom. The highest BCUT2D eigenvalue weighted by Gasteiger charge is 2.33. The molecule has 8 nitrogen and oxygen atoms in total. The molecule has 1 saturated heterocycles. The molecule has 0 radical (unpaired) electrons. The van der Waals surface area contributed by atoms with Gasteiger partial charge in [0, 0.05) is 31.2 Å². The third-order valence-electron chi connectivity index (χ3n) is 5.43. The standard InChI is InChI=1S/C24H24ClN3O5/c1-2-32-24(31)27-12-10-26(11-13-27)22(29)16-28-19-8-3-4-9-20(19)33-21(23(28)30)15-17-6-5-7-18(25)14-17/h3-9,14-15H,2,10-13,16H2,1H3. The zero-order valence-corrected chi connectivity index (χ0v) is 19.0. The lowest BCUT2D eigenvalue weighted by molar-refractivity contribution is -0.132. The Labute approximate surface area is 196 Å². The number of carbonyl (C=O) groups excluding carboxylic acids is 3. The van der Waals surface area contributed by atoms with Crippen LogP contribution in [-0.4, -0.2) is 67.0 Å². The number of nitrogens with zero attached hydrogens (tertiary/aromatic N) is 3. The van der Waals surface area contributed by atoms with Gasteiger partial charge < -0.3 is 19.3 Å². The van der Waals surface area contributed by atoms with Crippen LogP contribution in [0.4, 0.5) is 10.5 Å². The third-order valence-corrected chi connectivity index (χ3v) is 5.67. The normalized spacial score (nSPS) is 17.0. The number of hydrogen-bond donors (Lipinski definition) is 0. The molecule has 4 rings (SSSR count). The van der Waals surface area contributed by atoms with Gasteiger partial charge in [0.2, 0.25) is 5.91 Å². The molecule has 2 aliphatic rings. The number of piperazine rings is 1. The van der Waals surface area contributed by atoms with Crippen LogP contribution in [0.3, 0.4) is 0 Å². The number of amides is 3. The first-order chi connectivity index (χ1) is 16.0. The van der Waals surface area contributed by atoms with Crippen molar-refractivity contribution in [2.24, 2.45) is 0 Å². The average Bonchev–Trinajstić information content (AvgIpc) is 2.82. The molecule has 172 valence electrons. The zero-order chi connectivity index (χ0) is 23.4. The summed E-state index contributed by atoms with van der Waals surface area (Å²) >= 11 is 6.06. The summed E-state index contributed by atoms with van der Waals surface area (Å²) in [5.74, 6) is -0.0148. The molecule has 2 aromatic carbocycles. The monoisotopic (exact) mass is 469 g/mol. The summed E-state index contributed by atoms with van der Waals surface area (Å²) in [6.07, 6.45) is 1.23. The number of benzene rings is 2. The Kier molecular flexibility index (Phi) is 6.84. The number of rotatable bonds is 4. The second-order valence-electron chi connectivity index (χ2n) is 7.59. The van der Waals surface area contributed by atoms with Gasteiger partial charge in [-0.2, -0.15) is 0 Å². The van der Waals surface area contributed by atoms with Crippen molar-refractivity contribution in [3.05, 3.63) is 64.9 Å². The van der Waals surface area contributed by atoms with E-state index in [0.717, 1.165) is 0 Å². The Morgan fingerprint density at radius 2 is 1.79 bits per heavy atom. The number of anilines is 1. The van der Waals surface area contributed by atoms with E-state index in [4.69, 9.17) is 21.1 Å². The Bertz CT molecular complexity index is 1100. The highest BCUT2D eigenvalue weighted by Crippen LogP contribution is 2.35. The van der Waals surface area contributed by atoms with Gasteiger partial charge in [0.05, 0.1) is 12.3 Å². The summed E-state index contributed by atoms with van der Waals surface area (Å²) in [6.45, 7) is 3.46. The maximum atomic E-state index is 13.3. The molecule has 2 heterocycles. The minimum Gasteiger partial charge on any atom is -0.450 e. The van der Waals surface area contributed by atoms with Gasteiger partial charge in [-0.1, -0.05) is 35.9 Å². The van der Waals surface area contributed by atoms with E-state index in [-0.39, 0.29) is 24.3 Å². The first kappa shape index (κ1) is 22.7. The van der Waals surface area contributed by atoms with E-state index in [2.05, 4.69) is 0 Å². The number of halogens is 1. The highest BCUT2D eigenvalue weighted by molar-refractivity contribution is 6.30. The van der Waals surface area contributed by atoms with Gasteiger partial charge >= 0.3 is 6.09 Å². The van der Waals surface area contributed by atoms with Crippen LogP contribution < -0.4 is 9.64 Å². The van der Waals surface area contributed by atoms with E-state index in [1.807, 2.05) is 6.07 Å². The molecular formula is C24H24ClN3O5. The summed E-state index contributed by atoms with van der Waals surface area (Å²) in [4.78, 5) is 42.9. The number of ether oxygens (including phenoxy) is 2. The van der Waals surface area contributed by atoms with Gasteiger partial charge in [-0.05, 0) is 42.8 Å². The second kappa shape index (κ2) is 9.95. The zero-order valence-electron chi connectivity index (χ0n) is 18.2. The molecule has 0 atom stereocenters. The largest absolute Gasteiger partial charge is 0.450 e. The molecule has 33 heavy (non-hydrogen) atoms. The summed E-state index contributed by atoms with van der Waals surface area (Å²) in [5.41, 5.74) is 1.25. The predicted molar refractivity (Wildman–Crippen MR) is 124 cm³/mol. The van der Waals surface area contributed by atoms with Gasteiger partial charge in [0.15, 0.2) is 11.5 Å². The van der Waals surface area contributed by atoms with Crippen LogP contribution in [0.5, 0.6) is 5.75 Å². The van der Waals surface area contributed by atoms with Crippen molar-refractivity contribution in [3.63, 3.8) is 0 Å². The molecule has 9 heteroatoms. The molecule has 0 bridgehead atoms. The van der Waals surface area contributed by atoms with E-state index >= 15 is 0 Å². The van der Waals surface area contributed by atoms with Crippen LogP contribution in [0.1, 0.15) is 12.5 Å². The van der Waals surface area contributed by atoms with Gasteiger partial charge in [-0.3, -0.25) is 14.5 Å². The number of para-hydroxylation sites is 2. The van der Waals surface area contributed by atoms with Crippen LogP contribution in [0.15, 0.2) is 54.3 Å². The van der Waals surface area contributed by atoms with E-state index in [9.17, 15) is 14.4 Å². The van der Waals surface area contributed by atoms with Crippen molar-refractivity contribution in [2.45, 2.75) is 6.92 Å². The van der Waals surface area contributed by atoms with Gasteiger partial charge in [-0.15, -0.1) is 0 Å². The number of hydrogen-bond acceptors (Lipinski definition) is 5. The minimum absolute atomic E-state index is 0.107. The molecule has 2 aliphatic heterocycles. The molecule has 0 N–H and O–H groups in total. The van der Waals surface area contributed by atoms with Crippen molar-refractivity contribution in [1.29, 1.82) is 0 Å². The highest BCUT2D eigenvalue weighted by atomic mass is 35.5. The third kappa shape index (κ3) is 5.12. The molecule has 0 aliphatic carbocycles. The maximum Gasteiger partial charge on any atom is 0.409 e. The van der Waals surface area contributed by atoms with Crippen LogP contribution in [0, 0.1) is 0 Å². The predicted octanol–water partition coefficient (Wildman–Crippen LogP) is 3.41. The van der Waals surface area contributed by atoms with Crippen molar-refractivity contribution in [2.75, 3.05) is 44.2 Å². The van der Waals surface area contributed by atoms with Crippen LogP contribution in [-0.2, 0) is 14.3 Å². The van der Waals surface area contributed by atoms with Gasteiger partial charge in [0.25, 0.3) is 5.91 Å². The number of carbonyl (C=O) groups is 3. The minimum atomic E-state index is -0.410. The lowest BCUT2D eigenvalue weighted by Gasteiger charge is -2.36. The lowest BCUT2D eigenvalue weighted by Crippen LogP contribution is -2.53. The van der Waals surface area contributed by atoms with E-state index in [0.29, 0.717) is 54.8 Å². The maximum absolute atomic E-state index is 13.3. The smallest absolute Gasteiger partial charge is 0.409 e.